The van der Waals surface area contributed by atoms with Crippen molar-refractivity contribution < 1.29 is 21.5 Å². The topological polar surface area (TPSA) is 3.88 Å². The normalized spacial score (nSPS) is 13.3. The van der Waals surface area contributed by atoms with Crippen molar-refractivity contribution in [2.24, 2.45) is 0 Å². The van der Waals surface area contributed by atoms with E-state index in [4.69, 9.17) is 0 Å². The predicted molar refractivity (Wildman–Crippen MR) is 73.4 cm³/mol. The maximum atomic E-state index is 2.43. The number of hydrogen-bond donors (Lipinski definition) is 0. The van der Waals surface area contributed by atoms with Gasteiger partial charge in [0.15, 0.2) is 6.54 Å². The Kier molecular flexibility index (Phi) is 4.32. The number of rotatable bonds is 1. The highest BCUT2D eigenvalue weighted by Gasteiger charge is 2.27. The molecule has 2 heterocycles. The van der Waals surface area contributed by atoms with E-state index in [1.165, 1.54) is 24.9 Å². The second-order valence-corrected chi connectivity index (χ2v) is 6.84. The molecule has 0 aliphatic carbocycles. The molecule has 0 saturated heterocycles. The number of halogens is 2. The summed E-state index contributed by atoms with van der Waals surface area (Å²) >= 11 is 6.17. The molecule has 5 heteroatoms. The summed E-state index contributed by atoms with van der Waals surface area (Å²) in [5, 5.41) is 2.27. The summed E-state index contributed by atoms with van der Waals surface area (Å²) in [4.78, 5) is 0. The Morgan fingerprint density at radius 2 is 1.94 bits per heavy atom. The molecule has 0 amide bonds. The Morgan fingerprint density at radius 3 is 2.69 bits per heavy atom. The molecule has 0 atom stereocenters. The lowest BCUT2D eigenvalue weighted by molar-refractivity contribution is -0.706. The summed E-state index contributed by atoms with van der Waals surface area (Å²) in [6.07, 6.45) is 0. The smallest absolute Gasteiger partial charge is 0.298 e. The molecule has 84 valence electrons. The van der Waals surface area contributed by atoms with Crippen molar-refractivity contribution in [1.29, 1.82) is 0 Å². The fraction of sp³-hybridized carbons (Fsp3) is 0.182. The Hall–Kier alpha value is 0.410. The first kappa shape index (κ1) is 12.9. The minimum atomic E-state index is 0. The third-order valence-corrected chi connectivity index (χ3v) is 5.44. The number of nitrogens with zero attached hydrogens (tertiary/aromatic N) is 1. The molecule has 0 N–H and O–H groups in total. The van der Waals surface area contributed by atoms with Crippen LogP contribution >= 0.6 is 45.7 Å². The van der Waals surface area contributed by atoms with Crippen molar-refractivity contribution in [3.05, 3.63) is 33.2 Å². The molecule has 3 rings (SSSR count). The Bertz CT molecular complexity index is 495. The molecule has 2 aromatic rings. The predicted octanol–water partition coefficient (Wildman–Crippen LogP) is 0.417. The maximum Gasteiger partial charge on any atom is 0.298 e. The van der Waals surface area contributed by atoms with Crippen molar-refractivity contribution in [2.75, 3.05) is 5.75 Å². The van der Waals surface area contributed by atoms with Gasteiger partial charge < -0.3 is 17.0 Å². The van der Waals surface area contributed by atoms with Gasteiger partial charge in [-0.15, -0.1) is 0 Å². The van der Waals surface area contributed by atoms with Gasteiger partial charge in [-0.1, -0.05) is 11.3 Å². The van der Waals surface area contributed by atoms with Gasteiger partial charge in [0.25, 0.3) is 4.34 Å². The van der Waals surface area contributed by atoms with E-state index in [1.807, 2.05) is 23.1 Å². The maximum absolute atomic E-state index is 2.43. The zero-order valence-corrected chi connectivity index (χ0v) is 13.7. The number of thioether (sulfide) groups is 1. The molecule has 0 unspecified atom stereocenters. The van der Waals surface area contributed by atoms with Crippen LogP contribution in [0.25, 0.3) is 11.3 Å². The van der Waals surface area contributed by atoms with E-state index in [1.54, 1.807) is 0 Å². The van der Waals surface area contributed by atoms with Crippen molar-refractivity contribution in [3.8, 4) is 11.3 Å². The van der Waals surface area contributed by atoms with Crippen LogP contribution in [0.1, 0.15) is 0 Å². The largest absolute Gasteiger partial charge is 1.00 e. The van der Waals surface area contributed by atoms with Crippen LogP contribution in [0.2, 0.25) is 0 Å². The van der Waals surface area contributed by atoms with Gasteiger partial charge in [-0.3, -0.25) is 0 Å². The van der Waals surface area contributed by atoms with Gasteiger partial charge in [0.2, 0.25) is 5.69 Å². The number of aromatic nitrogens is 1. The summed E-state index contributed by atoms with van der Waals surface area (Å²) in [6, 6.07) is 8.76. The highest BCUT2D eigenvalue weighted by Crippen LogP contribution is 2.30. The van der Waals surface area contributed by atoms with E-state index >= 15 is 0 Å². The molecule has 0 saturated carbocycles. The first-order valence-corrected chi connectivity index (χ1v) is 7.69. The third kappa shape index (κ3) is 2.32. The second-order valence-electron chi connectivity index (χ2n) is 3.39. The van der Waals surface area contributed by atoms with E-state index in [-0.39, 0.29) is 17.0 Å². The zero-order valence-electron chi connectivity index (χ0n) is 8.32. The summed E-state index contributed by atoms with van der Waals surface area (Å²) in [5.74, 6) is 1.23. The standard InChI is InChI=1S/C11H9INS2.BrH/c12-9-3-1-8(2-4-9)10-7-15-11-13(10)5-6-14-11;/h1-4,7H,5-6H2;1H/q+1;/p-1. The second kappa shape index (κ2) is 5.37. The molecule has 1 aliphatic rings. The summed E-state index contributed by atoms with van der Waals surface area (Å²) < 4.78 is 5.17. The molecule has 16 heavy (non-hydrogen) atoms. The average Bonchev–Trinajstić information content (AvgIpc) is 2.80. The number of thiazole rings is 1. The minimum absolute atomic E-state index is 0. The Balaban J connectivity index is 0.000000963. The molecule has 1 aliphatic heterocycles. The van der Waals surface area contributed by atoms with Gasteiger partial charge in [0, 0.05) is 9.13 Å². The highest BCUT2D eigenvalue weighted by atomic mass is 127. The van der Waals surface area contributed by atoms with Crippen LogP contribution in [-0.2, 0) is 6.54 Å². The van der Waals surface area contributed by atoms with Crippen molar-refractivity contribution in [2.45, 2.75) is 10.9 Å². The molecule has 0 bridgehead atoms. The van der Waals surface area contributed by atoms with Crippen LogP contribution in [-0.4, -0.2) is 5.75 Å². The van der Waals surface area contributed by atoms with Gasteiger partial charge in [-0.05, 0) is 58.6 Å². The van der Waals surface area contributed by atoms with E-state index in [9.17, 15) is 0 Å². The highest BCUT2D eigenvalue weighted by molar-refractivity contribution is 14.1. The lowest BCUT2D eigenvalue weighted by atomic mass is 10.2. The average molecular weight is 426 g/mol. The van der Waals surface area contributed by atoms with Crippen molar-refractivity contribution in [1.82, 2.24) is 0 Å². The van der Waals surface area contributed by atoms with Crippen LogP contribution < -0.4 is 21.5 Å². The number of hydrogen-bond acceptors (Lipinski definition) is 2. The summed E-state index contributed by atoms with van der Waals surface area (Å²) in [7, 11) is 0. The number of benzene rings is 1. The van der Waals surface area contributed by atoms with Crippen LogP contribution in [0.4, 0.5) is 0 Å². The Morgan fingerprint density at radius 1 is 1.19 bits per heavy atom. The third-order valence-electron chi connectivity index (χ3n) is 2.46. The van der Waals surface area contributed by atoms with Crippen molar-refractivity contribution >= 4 is 45.7 Å². The zero-order chi connectivity index (χ0) is 10.3. The van der Waals surface area contributed by atoms with E-state index in [0.717, 1.165) is 6.54 Å². The SMILES string of the molecule is Ic1ccc(-c2csc3[n+]2CCS3)cc1.[Br-]. The first-order chi connectivity index (χ1) is 7.34. The number of fused-ring (bicyclic) bond motifs is 1. The fourth-order valence-corrected chi connectivity index (χ4v) is 4.34. The van der Waals surface area contributed by atoms with Crippen LogP contribution in [0.3, 0.4) is 0 Å². The minimum Gasteiger partial charge on any atom is -1.00 e. The van der Waals surface area contributed by atoms with E-state index in [2.05, 4.69) is 56.8 Å². The van der Waals surface area contributed by atoms with Gasteiger partial charge >= 0.3 is 0 Å². The molecule has 1 aromatic carbocycles. The lowest BCUT2D eigenvalue weighted by Gasteiger charge is -1.96. The van der Waals surface area contributed by atoms with Gasteiger partial charge in [0.05, 0.1) is 11.1 Å². The van der Waals surface area contributed by atoms with Gasteiger partial charge in [-0.2, -0.15) is 4.57 Å². The van der Waals surface area contributed by atoms with E-state index in [0.29, 0.717) is 0 Å². The molecule has 0 spiro atoms. The quantitative estimate of drug-likeness (QED) is 0.473. The summed E-state index contributed by atoms with van der Waals surface area (Å²) in [6.45, 7) is 1.16. The van der Waals surface area contributed by atoms with Crippen LogP contribution in [0, 0.1) is 3.57 Å². The molecule has 0 radical (unpaired) electrons. The fourth-order valence-electron chi connectivity index (χ4n) is 1.72. The summed E-state index contributed by atoms with van der Waals surface area (Å²) in [5.41, 5.74) is 2.71. The Labute approximate surface area is 127 Å². The molecule has 1 aromatic heterocycles. The monoisotopic (exact) mass is 425 g/mol. The van der Waals surface area contributed by atoms with Crippen LogP contribution in [0.15, 0.2) is 34.0 Å². The first-order valence-electron chi connectivity index (χ1n) is 4.75. The molecular formula is C11H9BrINS2. The molecular weight excluding hydrogens is 417 g/mol. The molecule has 0 fully saturated rings. The van der Waals surface area contributed by atoms with E-state index < -0.39 is 0 Å². The van der Waals surface area contributed by atoms with Crippen LogP contribution in [0.5, 0.6) is 0 Å². The van der Waals surface area contributed by atoms with Gasteiger partial charge in [-0.25, -0.2) is 0 Å². The van der Waals surface area contributed by atoms with Crippen molar-refractivity contribution in [3.63, 3.8) is 0 Å². The lowest BCUT2D eigenvalue weighted by Crippen LogP contribution is -3.00. The molecule has 1 nitrogen and oxygen atoms in total. The van der Waals surface area contributed by atoms with Gasteiger partial charge in [0.1, 0.15) is 0 Å².